The lowest BCUT2D eigenvalue weighted by Gasteiger charge is -2.44. The fraction of sp³-hybridized carbons (Fsp3) is 0.471. The Balaban J connectivity index is 1.53. The van der Waals surface area contributed by atoms with Gasteiger partial charge in [0, 0.05) is 35.6 Å². The topological polar surface area (TPSA) is 36.8 Å². The van der Waals surface area contributed by atoms with Gasteiger partial charge in [-0.2, -0.15) is 0 Å². The second-order valence-corrected chi connectivity index (χ2v) is 6.40. The number of hydrogen-bond donors (Lipinski definition) is 1. The third kappa shape index (κ3) is 2.23. The number of pyridine rings is 1. The molecule has 1 amide bonds. The molecule has 3 saturated heterocycles. The van der Waals surface area contributed by atoms with E-state index in [0.717, 1.165) is 17.6 Å². The minimum atomic E-state index is 0.0649. The van der Waals surface area contributed by atoms with Crippen LogP contribution in [0, 0.1) is 12.8 Å². The molecule has 5 heterocycles. The average Bonchev–Trinajstić information content (AvgIpc) is 2.89. The second-order valence-electron chi connectivity index (χ2n) is 6.40. The van der Waals surface area contributed by atoms with Crippen LogP contribution in [0.15, 0.2) is 30.5 Å². The molecule has 0 radical (unpaired) electrons. The van der Waals surface area contributed by atoms with Crippen LogP contribution in [0.4, 0.5) is 0 Å². The van der Waals surface area contributed by atoms with Crippen molar-refractivity contribution in [3.63, 3.8) is 0 Å². The number of rotatable bonds is 2. The molecule has 1 atom stereocenters. The number of fused-ring (bicyclic) bond motifs is 4. The van der Waals surface area contributed by atoms with E-state index in [4.69, 9.17) is 0 Å². The molecule has 2 bridgehead atoms. The van der Waals surface area contributed by atoms with Crippen LogP contribution in [-0.4, -0.2) is 40.9 Å². The molecule has 21 heavy (non-hydrogen) atoms. The summed E-state index contributed by atoms with van der Waals surface area (Å²) >= 11 is 0. The average molecular weight is 283 g/mol. The Bertz CT molecular complexity index is 682. The van der Waals surface area contributed by atoms with Crippen molar-refractivity contribution in [2.45, 2.75) is 25.8 Å². The molecule has 1 unspecified atom stereocenters. The van der Waals surface area contributed by atoms with E-state index in [1.165, 1.54) is 31.6 Å². The molecule has 110 valence electrons. The molecule has 0 saturated carbocycles. The molecule has 4 nitrogen and oxygen atoms in total. The van der Waals surface area contributed by atoms with E-state index in [9.17, 15) is 4.79 Å². The van der Waals surface area contributed by atoms with Gasteiger partial charge in [0.2, 0.25) is 0 Å². The van der Waals surface area contributed by atoms with Crippen molar-refractivity contribution in [1.29, 1.82) is 0 Å². The van der Waals surface area contributed by atoms with E-state index < -0.39 is 0 Å². The number of carbonyl (C=O) groups is 1. The Hall–Kier alpha value is -1.81. The van der Waals surface area contributed by atoms with Crippen LogP contribution in [0.2, 0.25) is 0 Å². The molecule has 4 heteroatoms. The van der Waals surface area contributed by atoms with Crippen molar-refractivity contribution in [1.82, 2.24) is 14.6 Å². The van der Waals surface area contributed by atoms with Gasteiger partial charge in [0.25, 0.3) is 5.91 Å². The molecule has 3 aliphatic rings. The zero-order valence-electron chi connectivity index (χ0n) is 12.4. The van der Waals surface area contributed by atoms with Gasteiger partial charge in [-0.1, -0.05) is 0 Å². The van der Waals surface area contributed by atoms with E-state index in [2.05, 4.69) is 33.7 Å². The third-order valence-corrected chi connectivity index (χ3v) is 5.09. The number of amides is 1. The number of piperidine rings is 3. The molecule has 0 spiro atoms. The Morgan fingerprint density at radius 3 is 2.76 bits per heavy atom. The van der Waals surface area contributed by atoms with Crippen LogP contribution in [0.5, 0.6) is 0 Å². The predicted molar refractivity (Wildman–Crippen MR) is 82.6 cm³/mol. The number of nitrogens with zero attached hydrogens (tertiary/aromatic N) is 2. The maximum absolute atomic E-state index is 12.5. The highest BCUT2D eigenvalue weighted by Gasteiger charge is 2.34. The SMILES string of the molecule is Cc1ccc2cc(C(=O)NC3CN4CCC3CC4)ccn12. The number of carbonyl (C=O) groups excluding carboxylic acids is 1. The van der Waals surface area contributed by atoms with Crippen molar-refractivity contribution >= 4 is 11.4 Å². The van der Waals surface area contributed by atoms with Gasteiger partial charge in [0.05, 0.1) is 0 Å². The van der Waals surface area contributed by atoms with E-state index in [1.54, 1.807) is 0 Å². The molecule has 1 N–H and O–H groups in total. The van der Waals surface area contributed by atoms with Gasteiger partial charge in [0.15, 0.2) is 0 Å². The van der Waals surface area contributed by atoms with Crippen molar-refractivity contribution in [2.75, 3.05) is 19.6 Å². The summed E-state index contributed by atoms with van der Waals surface area (Å²) < 4.78 is 2.10. The highest BCUT2D eigenvalue weighted by Crippen LogP contribution is 2.27. The minimum Gasteiger partial charge on any atom is -0.348 e. The van der Waals surface area contributed by atoms with Crippen LogP contribution < -0.4 is 5.32 Å². The van der Waals surface area contributed by atoms with Gasteiger partial charge in [-0.05, 0) is 63.0 Å². The van der Waals surface area contributed by atoms with E-state index >= 15 is 0 Å². The highest BCUT2D eigenvalue weighted by molar-refractivity contribution is 5.95. The van der Waals surface area contributed by atoms with Crippen LogP contribution in [-0.2, 0) is 0 Å². The van der Waals surface area contributed by atoms with Crippen LogP contribution in [0.3, 0.4) is 0 Å². The predicted octanol–water partition coefficient (Wildman–Crippen LogP) is 2.07. The summed E-state index contributed by atoms with van der Waals surface area (Å²) in [5, 5.41) is 3.25. The van der Waals surface area contributed by atoms with E-state index in [-0.39, 0.29) is 5.91 Å². The minimum absolute atomic E-state index is 0.0649. The first-order chi connectivity index (χ1) is 10.2. The summed E-state index contributed by atoms with van der Waals surface area (Å²) in [7, 11) is 0. The number of nitrogens with one attached hydrogen (secondary N) is 1. The zero-order chi connectivity index (χ0) is 14.4. The maximum Gasteiger partial charge on any atom is 0.251 e. The fourth-order valence-electron chi connectivity index (χ4n) is 3.78. The standard InChI is InChI=1S/C17H21N3O/c1-12-2-3-15-10-14(6-9-20(12)15)17(21)18-16-11-19-7-4-13(16)5-8-19/h2-3,6,9-10,13,16H,4-5,7-8,11H2,1H3,(H,18,21). The lowest BCUT2D eigenvalue weighted by molar-refractivity contribution is 0.0620. The first-order valence-corrected chi connectivity index (χ1v) is 7.82. The summed E-state index contributed by atoms with van der Waals surface area (Å²) in [6.45, 7) is 5.49. The van der Waals surface area contributed by atoms with Crippen molar-refractivity contribution < 1.29 is 4.79 Å². The maximum atomic E-state index is 12.5. The third-order valence-electron chi connectivity index (χ3n) is 5.09. The Labute approximate surface area is 124 Å². The monoisotopic (exact) mass is 283 g/mol. The lowest BCUT2D eigenvalue weighted by atomic mass is 9.84. The first kappa shape index (κ1) is 12.9. The number of hydrogen-bond acceptors (Lipinski definition) is 2. The van der Waals surface area contributed by atoms with Gasteiger partial charge < -0.3 is 14.6 Å². The number of aryl methyl sites for hydroxylation is 1. The molecule has 3 aliphatic heterocycles. The zero-order valence-corrected chi connectivity index (χ0v) is 12.4. The normalized spacial score (nSPS) is 28.0. The van der Waals surface area contributed by atoms with Crippen molar-refractivity contribution in [3.8, 4) is 0 Å². The van der Waals surface area contributed by atoms with Crippen LogP contribution in [0.25, 0.3) is 5.52 Å². The van der Waals surface area contributed by atoms with Gasteiger partial charge in [0.1, 0.15) is 0 Å². The van der Waals surface area contributed by atoms with E-state index in [0.29, 0.717) is 12.0 Å². The Morgan fingerprint density at radius 1 is 1.24 bits per heavy atom. The summed E-state index contributed by atoms with van der Waals surface area (Å²) in [5.41, 5.74) is 3.03. The largest absolute Gasteiger partial charge is 0.348 e. The highest BCUT2D eigenvalue weighted by atomic mass is 16.1. The van der Waals surface area contributed by atoms with Gasteiger partial charge in [-0.3, -0.25) is 4.79 Å². The molecular weight excluding hydrogens is 262 g/mol. The van der Waals surface area contributed by atoms with Gasteiger partial charge in [-0.15, -0.1) is 0 Å². The summed E-state index contributed by atoms with van der Waals surface area (Å²) in [6, 6.07) is 8.34. The van der Waals surface area contributed by atoms with Crippen LogP contribution >= 0.6 is 0 Å². The van der Waals surface area contributed by atoms with Crippen molar-refractivity contribution in [3.05, 3.63) is 41.7 Å². The van der Waals surface area contributed by atoms with E-state index in [1.807, 2.05) is 18.3 Å². The molecule has 2 aromatic rings. The Kier molecular flexibility index (Phi) is 3.00. The molecule has 0 aliphatic carbocycles. The summed E-state index contributed by atoms with van der Waals surface area (Å²) in [6.07, 6.45) is 4.43. The van der Waals surface area contributed by atoms with Gasteiger partial charge >= 0.3 is 0 Å². The summed E-state index contributed by atoms with van der Waals surface area (Å²) in [4.78, 5) is 15.0. The lowest BCUT2D eigenvalue weighted by Crippen LogP contribution is -2.57. The van der Waals surface area contributed by atoms with Crippen LogP contribution in [0.1, 0.15) is 28.9 Å². The quantitative estimate of drug-likeness (QED) is 0.916. The summed E-state index contributed by atoms with van der Waals surface area (Å²) in [5.74, 6) is 0.730. The molecule has 0 aromatic carbocycles. The van der Waals surface area contributed by atoms with Crippen molar-refractivity contribution in [2.24, 2.45) is 5.92 Å². The second kappa shape index (κ2) is 4.88. The molecule has 2 aromatic heterocycles. The molecule has 3 fully saturated rings. The number of aromatic nitrogens is 1. The molecular formula is C17H21N3O. The van der Waals surface area contributed by atoms with Gasteiger partial charge in [-0.25, -0.2) is 0 Å². The first-order valence-electron chi connectivity index (χ1n) is 7.82. The smallest absolute Gasteiger partial charge is 0.251 e. The Morgan fingerprint density at radius 2 is 2.05 bits per heavy atom. The fourth-order valence-corrected chi connectivity index (χ4v) is 3.78. The molecule has 5 rings (SSSR count).